The fraction of sp³-hybridized carbons (Fsp3) is 0.469. The van der Waals surface area contributed by atoms with Gasteiger partial charge in [0.05, 0.1) is 0 Å². The first kappa shape index (κ1) is 24.7. The maximum atomic E-state index is 5.04. The number of hydrogen-bond acceptors (Lipinski definition) is 6. The Labute approximate surface area is 231 Å². The highest BCUT2D eigenvalue weighted by atomic mass is 15.3. The topological polar surface area (TPSA) is 62.1 Å². The van der Waals surface area contributed by atoms with E-state index in [4.69, 9.17) is 9.97 Å². The molecule has 0 radical (unpaired) electrons. The summed E-state index contributed by atoms with van der Waals surface area (Å²) in [6.07, 6.45) is 15.0. The maximum Gasteiger partial charge on any atom is 0.161 e. The third-order valence-electron chi connectivity index (χ3n) is 9.05. The van der Waals surface area contributed by atoms with Gasteiger partial charge >= 0.3 is 0 Å². The van der Waals surface area contributed by atoms with Crippen molar-refractivity contribution in [3.8, 4) is 11.4 Å². The molecule has 7 heteroatoms. The van der Waals surface area contributed by atoms with Gasteiger partial charge in [-0.05, 0) is 68.1 Å². The Bertz CT molecular complexity index is 1420. The Morgan fingerprint density at radius 1 is 0.923 bits per heavy atom. The third kappa shape index (κ3) is 5.30. The van der Waals surface area contributed by atoms with Gasteiger partial charge in [-0.15, -0.1) is 0 Å². The van der Waals surface area contributed by atoms with Crippen molar-refractivity contribution in [2.45, 2.75) is 63.6 Å². The van der Waals surface area contributed by atoms with Gasteiger partial charge in [0.25, 0.3) is 0 Å². The molecule has 1 N–H and O–H groups in total. The van der Waals surface area contributed by atoms with Crippen LogP contribution in [0.5, 0.6) is 0 Å². The molecule has 1 atom stereocenters. The smallest absolute Gasteiger partial charge is 0.161 e. The Hall–Kier alpha value is -3.29. The highest BCUT2D eigenvalue weighted by molar-refractivity contribution is 5.77. The van der Waals surface area contributed by atoms with Crippen LogP contribution in [-0.4, -0.2) is 68.1 Å². The summed E-state index contributed by atoms with van der Waals surface area (Å²) in [5, 5.41) is 4.79. The molecule has 3 aromatic heterocycles. The van der Waals surface area contributed by atoms with E-state index in [2.05, 4.69) is 67.3 Å². The van der Waals surface area contributed by atoms with Gasteiger partial charge in [-0.25, -0.2) is 15.0 Å². The van der Waals surface area contributed by atoms with Crippen molar-refractivity contribution in [3.05, 3.63) is 72.2 Å². The van der Waals surface area contributed by atoms with E-state index in [1.807, 2.05) is 18.5 Å². The van der Waals surface area contributed by atoms with Crippen molar-refractivity contribution in [1.29, 1.82) is 0 Å². The fourth-order valence-corrected chi connectivity index (χ4v) is 6.64. The van der Waals surface area contributed by atoms with Crippen LogP contribution in [0.1, 0.15) is 55.7 Å². The number of rotatable bonds is 8. The van der Waals surface area contributed by atoms with Gasteiger partial charge in [-0.3, -0.25) is 9.80 Å². The molecule has 202 valence electrons. The van der Waals surface area contributed by atoms with Gasteiger partial charge < -0.3 is 9.88 Å². The summed E-state index contributed by atoms with van der Waals surface area (Å²) >= 11 is 0. The monoisotopic (exact) mass is 521 g/mol. The zero-order valence-electron chi connectivity index (χ0n) is 22.8. The summed E-state index contributed by atoms with van der Waals surface area (Å²) in [5.41, 5.74) is 5.07. The van der Waals surface area contributed by atoms with Crippen molar-refractivity contribution in [1.82, 2.24) is 29.3 Å². The van der Waals surface area contributed by atoms with Crippen LogP contribution in [0, 0.1) is 0 Å². The van der Waals surface area contributed by atoms with E-state index < -0.39 is 0 Å². The Morgan fingerprint density at radius 3 is 2.64 bits per heavy atom. The molecule has 1 saturated carbocycles. The minimum Gasteiger partial charge on any atom is -0.368 e. The molecular formula is C32H39N7. The van der Waals surface area contributed by atoms with Gasteiger partial charge in [-0.1, -0.05) is 43.5 Å². The molecular weight excluding hydrogens is 482 g/mol. The molecule has 7 rings (SSSR count). The highest BCUT2D eigenvalue weighted by Gasteiger charge is 2.27. The van der Waals surface area contributed by atoms with Crippen molar-refractivity contribution in [3.63, 3.8) is 0 Å². The number of anilines is 1. The molecule has 2 fully saturated rings. The van der Waals surface area contributed by atoms with Crippen LogP contribution in [0.15, 0.2) is 61.1 Å². The zero-order chi connectivity index (χ0) is 26.0. The summed E-state index contributed by atoms with van der Waals surface area (Å²) in [4.78, 5) is 19.7. The van der Waals surface area contributed by atoms with Gasteiger partial charge in [0, 0.05) is 67.8 Å². The molecule has 1 saturated heterocycles. The zero-order valence-corrected chi connectivity index (χ0v) is 22.8. The van der Waals surface area contributed by atoms with E-state index in [0.29, 0.717) is 12.1 Å². The number of hydrogen-bond donors (Lipinski definition) is 1. The second-order valence-corrected chi connectivity index (χ2v) is 11.6. The third-order valence-corrected chi connectivity index (χ3v) is 9.05. The standard InChI is InChI=1S/C32H39N7/c1-2-9-28(10-3-1)39-18-13-26-20-35-31(36-32(26)39)25-11-14-33-30(19-25)34-21-29(38-15-6-16-38)23-37-17-12-24-7-4-5-8-27(24)22-37/h4-5,7-8,11,13-14,18-20,28-29H,1-3,6,9-10,12,15-17,21-23H2,(H,33,34). The quantitative estimate of drug-likeness (QED) is 0.328. The molecule has 0 amide bonds. The van der Waals surface area contributed by atoms with Gasteiger partial charge in [-0.2, -0.15) is 0 Å². The van der Waals surface area contributed by atoms with Crippen LogP contribution in [-0.2, 0) is 13.0 Å². The lowest BCUT2D eigenvalue weighted by molar-refractivity contribution is 0.0863. The molecule has 0 bridgehead atoms. The SMILES string of the molecule is c1ccc2c(c1)CCN(CC(CNc1cc(-c3ncc4ccn(C5CCCCC5)c4n3)ccn1)N1CCC1)C2. The highest BCUT2D eigenvalue weighted by Crippen LogP contribution is 2.31. The predicted octanol–water partition coefficient (Wildman–Crippen LogP) is 5.54. The van der Waals surface area contributed by atoms with Crippen LogP contribution < -0.4 is 5.32 Å². The van der Waals surface area contributed by atoms with Crippen LogP contribution >= 0.6 is 0 Å². The van der Waals surface area contributed by atoms with Crippen LogP contribution in [0.4, 0.5) is 5.82 Å². The van der Waals surface area contributed by atoms with Gasteiger partial charge in [0.15, 0.2) is 5.82 Å². The number of fused-ring (bicyclic) bond motifs is 2. The summed E-state index contributed by atoms with van der Waals surface area (Å²) in [5.74, 6) is 1.67. The molecule has 39 heavy (non-hydrogen) atoms. The molecule has 5 heterocycles. The molecule has 4 aromatic rings. The molecule has 2 aliphatic heterocycles. The van der Waals surface area contributed by atoms with Crippen LogP contribution in [0.3, 0.4) is 0 Å². The average molecular weight is 522 g/mol. The molecule has 7 nitrogen and oxygen atoms in total. The Kier molecular flexibility index (Phi) is 7.02. The Morgan fingerprint density at radius 2 is 1.79 bits per heavy atom. The minimum absolute atomic E-state index is 0.473. The Balaban J connectivity index is 1.05. The first-order chi connectivity index (χ1) is 19.3. The summed E-state index contributed by atoms with van der Waals surface area (Å²) in [7, 11) is 0. The van der Waals surface area contributed by atoms with Crippen molar-refractivity contribution < 1.29 is 0 Å². The largest absolute Gasteiger partial charge is 0.368 e. The molecule has 1 aliphatic carbocycles. The fourth-order valence-electron chi connectivity index (χ4n) is 6.64. The molecule has 1 aromatic carbocycles. The second-order valence-electron chi connectivity index (χ2n) is 11.6. The van der Waals surface area contributed by atoms with Crippen molar-refractivity contribution >= 4 is 16.9 Å². The van der Waals surface area contributed by atoms with Crippen LogP contribution in [0.2, 0.25) is 0 Å². The van der Waals surface area contributed by atoms with E-state index in [-0.39, 0.29) is 0 Å². The predicted molar refractivity (Wildman–Crippen MR) is 157 cm³/mol. The first-order valence-electron chi connectivity index (χ1n) is 14.9. The first-order valence-corrected chi connectivity index (χ1v) is 14.9. The summed E-state index contributed by atoms with van der Waals surface area (Å²) in [6.45, 7) is 6.55. The van der Waals surface area contributed by atoms with E-state index in [1.165, 1.54) is 62.7 Å². The lowest BCUT2D eigenvalue weighted by atomic mass is 9.95. The van der Waals surface area contributed by atoms with E-state index in [0.717, 1.165) is 60.8 Å². The van der Waals surface area contributed by atoms with E-state index in [9.17, 15) is 0 Å². The normalized spacial score (nSPS) is 19.5. The number of pyridine rings is 1. The number of nitrogens with zero attached hydrogens (tertiary/aromatic N) is 6. The van der Waals surface area contributed by atoms with E-state index >= 15 is 0 Å². The lowest BCUT2D eigenvalue weighted by Gasteiger charge is -2.42. The number of benzene rings is 1. The van der Waals surface area contributed by atoms with Crippen molar-refractivity contribution in [2.75, 3.05) is 38.0 Å². The number of likely N-dealkylation sites (tertiary alicyclic amines) is 1. The summed E-state index contributed by atoms with van der Waals surface area (Å²) in [6, 6.07) is 16.2. The molecule has 1 unspecified atom stereocenters. The molecule has 0 spiro atoms. The van der Waals surface area contributed by atoms with Crippen molar-refractivity contribution in [2.24, 2.45) is 0 Å². The second kappa shape index (κ2) is 11.1. The molecule has 3 aliphatic rings. The van der Waals surface area contributed by atoms with Gasteiger partial charge in [0.1, 0.15) is 11.5 Å². The van der Waals surface area contributed by atoms with Crippen LogP contribution in [0.25, 0.3) is 22.4 Å². The lowest BCUT2D eigenvalue weighted by Crippen LogP contribution is -2.53. The van der Waals surface area contributed by atoms with E-state index in [1.54, 1.807) is 0 Å². The minimum atomic E-state index is 0.473. The number of aromatic nitrogens is 4. The summed E-state index contributed by atoms with van der Waals surface area (Å²) < 4.78 is 2.39. The number of nitrogens with one attached hydrogen (secondary N) is 1. The van der Waals surface area contributed by atoms with Gasteiger partial charge in [0.2, 0.25) is 0 Å². The maximum absolute atomic E-state index is 5.04. The average Bonchev–Trinajstić information content (AvgIpc) is 3.39.